The highest BCUT2D eigenvalue weighted by molar-refractivity contribution is 9.10. The molecule has 1 aromatic carbocycles. The van der Waals surface area contributed by atoms with E-state index in [-0.39, 0.29) is 24.1 Å². The summed E-state index contributed by atoms with van der Waals surface area (Å²) in [6.45, 7) is 0.880. The third-order valence-electron chi connectivity index (χ3n) is 3.16. The number of nitrogens with one attached hydrogen (secondary N) is 2. The Morgan fingerprint density at radius 3 is 2.80 bits per heavy atom. The highest BCUT2D eigenvalue weighted by Crippen LogP contribution is 2.34. The molecule has 0 aliphatic carbocycles. The molecule has 1 aliphatic heterocycles. The molecular weight excluding hydrogens is 337 g/mol. The fourth-order valence-corrected chi connectivity index (χ4v) is 2.50. The highest BCUT2D eigenvalue weighted by Gasteiger charge is 2.31. The molecule has 2 rings (SSSR count). The molecule has 1 aliphatic rings. The van der Waals surface area contributed by atoms with E-state index in [1.807, 2.05) is 0 Å². The van der Waals surface area contributed by atoms with Gasteiger partial charge < -0.3 is 10.6 Å². The van der Waals surface area contributed by atoms with Crippen molar-refractivity contribution in [3.8, 4) is 0 Å². The predicted molar refractivity (Wildman–Crippen MR) is 73.4 cm³/mol. The van der Waals surface area contributed by atoms with Crippen LogP contribution >= 0.6 is 15.9 Å². The van der Waals surface area contributed by atoms with Gasteiger partial charge in [0.2, 0.25) is 5.91 Å². The number of carbonyl (C=O) groups is 1. The Kier molecular flexibility index (Phi) is 4.70. The first kappa shape index (κ1) is 15.3. The Balaban J connectivity index is 2.06. The first-order chi connectivity index (χ1) is 9.36. The highest BCUT2D eigenvalue weighted by atomic mass is 79.9. The van der Waals surface area contributed by atoms with Crippen LogP contribution in [0, 0.1) is 0 Å². The lowest BCUT2D eigenvalue weighted by atomic mass is 10.1. The lowest BCUT2D eigenvalue weighted by molar-refractivity contribution is -0.137. The van der Waals surface area contributed by atoms with Crippen molar-refractivity contribution in [3.63, 3.8) is 0 Å². The van der Waals surface area contributed by atoms with Crippen molar-refractivity contribution in [3.05, 3.63) is 28.2 Å². The molecule has 110 valence electrons. The number of halogens is 4. The van der Waals surface area contributed by atoms with Gasteiger partial charge in [0.1, 0.15) is 0 Å². The van der Waals surface area contributed by atoms with Crippen molar-refractivity contribution in [1.82, 2.24) is 5.32 Å². The smallest absolute Gasteiger partial charge is 0.325 e. The standard InChI is InChI=1S/C13H14BrF3N2O/c14-10-4-3-8(13(15,16)17)6-11(10)19-12(20)7-9-2-1-5-18-9/h3-4,6,9,18H,1-2,5,7H2,(H,19,20). The van der Waals surface area contributed by atoms with Crippen LogP contribution < -0.4 is 10.6 Å². The number of alkyl halides is 3. The van der Waals surface area contributed by atoms with E-state index in [9.17, 15) is 18.0 Å². The summed E-state index contributed by atoms with van der Waals surface area (Å²) in [7, 11) is 0. The maximum absolute atomic E-state index is 12.6. The number of amides is 1. The third kappa shape index (κ3) is 3.96. The van der Waals surface area contributed by atoms with E-state index in [2.05, 4.69) is 26.6 Å². The van der Waals surface area contributed by atoms with E-state index < -0.39 is 11.7 Å². The van der Waals surface area contributed by atoms with Crippen molar-refractivity contribution in [2.45, 2.75) is 31.5 Å². The van der Waals surface area contributed by atoms with Gasteiger partial charge in [-0.2, -0.15) is 13.2 Å². The topological polar surface area (TPSA) is 41.1 Å². The zero-order valence-electron chi connectivity index (χ0n) is 10.6. The molecule has 0 spiro atoms. The van der Waals surface area contributed by atoms with Crippen LogP contribution in [0.5, 0.6) is 0 Å². The lowest BCUT2D eigenvalue weighted by Gasteiger charge is -2.13. The minimum absolute atomic E-state index is 0.111. The maximum atomic E-state index is 12.6. The molecule has 2 N–H and O–H groups in total. The van der Waals surface area contributed by atoms with Crippen LogP contribution in [0.15, 0.2) is 22.7 Å². The van der Waals surface area contributed by atoms with Crippen molar-refractivity contribution in [2.24, 2.45) is 0 Å². The zero-order chi connectivity index (χ0) is 14.8. The second-order valence-corrected chi connectivity index (χ2v) is 5.59. The first-order valence-corrected chi connectivity index (χ1v) is 7.05. The van der Waals surface area contributed by atoms with Crippen LogP contribution in [0.1, 0.15) is 24.8 Å². The fraction of sp³-hybridized carbons (Fsp3) is 0.462. The first-order valence-electron chi connectivity index (χ1n) is 6.26. The van der Waals surface area contributed by atoms with Crippen LogP contribution in [0.25, 0.3) is 0 Å². The minimum Gasteiger partial charge on any atom is -0.325 e. The average molecular weight is 351 g/mol. The molecule has 0 saturated carbocycles. The predicted octanol–water partition coefficient (Wildman–Crippen LogP) is 3.55. The molecule has 1 unspecified atom stereocenters. The maximum Gasteiger partial charge on any atom is 0.416 e. The molecule has 1 aromatic rings. The van der Waals surface area contributed by atoms with Crippen LogP contribution in [0.2, 0.25) is 0 Å². The second kappa shape index (κ2) is 6.13. The SMILES string of the molecule is O=C(CC1CCCN1)Nc1cc(C(F)(F)F)ccc1Br. The fourth-order valence-electron chi connectivity index (χ4n) is 2.15. The summed E-state index contributed by atoms with van der Waals surface area (Å²) in [6, 6.07) is 3.30. The van der Waals surface area contributed by atoms with E-state index in [4.69, 9.17) is 0 Å². The number of hydrogen-bond donors (Lipinski definition) is 2. The lowest BCUT2D eigenvalue weighted by Crippen LogP contribution is -2.27. The van der Waals surface area contributed by atoms with Gasteiger partial charge in [-0.1, -0.05) is 0 Å². The summed E-state index contributed by atoms with van der Waals surface area (Å²) in [5, 5.41) is 5.69. The summed E-state index contributed by atoms with van der Waals surface area (Å²) in [5.74, 6) is -0.288. The summed E-state index contributed by atoms with van der Waals surface area (Å²) in [6.07, 6.45) is -2.22. The third-order valence-corrected chi connectivity index (χ3v) is 3.85. The van der Waals surface area contributed by atoms with Gasteiger partial charge in [-0.3, -0.25) is 4.79 Å². The molecule has 1 amide bonds. The zero-order valence-corrected chi connectivity index (χ0v) is 12.1. The summed E-state index contributed by atoms with van der Waals surface area (Å²) in [4.78, 5) is 11.8. The molecule has 1 saturated heterocycles. The number of hydrogen-bond acceptors (Lipinski definition) is 2. The van der Waals surface area contributed by atoms with Crippen molar-refractivity contribution in [1.29, 1.82) is 0 Å². The number of benzene rings is 1. The Morgan fingerprint density at radius 2 is 2.20 bits per heavy atom. The summed E-state index contributed by atoms with van der Waals surface area (Å²) >= 11 is 3.14. The van der Waals surface area contributed by atoms with Gasteiger partial charge in [-0.05, 0) is 53.5 Å². The summed E-state index contributed by atoms with van der Waals surface area (Å²) < 4.78 is 38.3. The Morgan fingerprint density at radius 1 is 1.45 bits per heavy atom. The van der Waals surface area contributed by atoms with E-state index in [0.29, 0.717) is 4.47 Å². The Hall–Kier alpha value is -1.08. The van der Waals surface area contributed by atoms with E-state index >= 15 is 0 Å². The van der Waals surface area contributed by atoms with Crippen LogP contribution in [-0.2, 0) is 11.0 Å². The number of rotatable bonds is 3. The van der Waals surface area contributed by atoms with Gasteiger partial charge in [0.25, 0.3) is 0 Å². The van der Waals surface area contributed by atoms with Gasteiger partial charge in [0.05, 0.1) is 11.3 Å². The summed E-state index contributed by atoms with van der Waals surface area (Å²) in [5.41, 5.74) is -0.641. The molecule has 1 fully saturated rings. The van der Waals surface area contributed by atoms with E-state index in [1.165, 1.54) is 6.07 Å². The largest absolute Gasteiger partial charge is 0.416 e. The molecule has 1 atom stereocenters. The van der Waals surface area contributed by atoms with Crippen molar-refractivity contribution in [2.75, 3.05) is 11.9 Å². The quantitative estimate of drug-likeness (QED) is 0.875. The normalized spacial score (nSPS) is 19.1. The molecule has 0 radical (unpaired) electrons. The van der Waals surface area contributed by atoms with Gasteiger partial charge >= 0.3 is 6.18 Å². The molecule has 0 aromatic heterocycles. The number of carbonyl (C=O) groups excluding carboxylic acids is 1. The van der Waals surface area contributed by atoms with E-state index in [1.54, 1.807) is 0 Å². The molecule has 0 bridgehead atoms. The van der Waals surface area contributed by atoms with Gasteiger partial charge in [0, 0.05) is 16.9 Å². The van der Waals surface area contributed by atoms with Crippen molar-refractivity contribution < 1.29 is 18.0 Å². The van der Waals surface area contributed by atoms with Crippen LogP contribution in [0.3, 0.4) is 0 Å². The second-order valence-electron chi connectivity index (χ2n) is 4.74. The van der Waals surface area contributed by atoms with Crippen molar-refractivity contribution >= 4 is 27.5 Å². The van der Waals surface area contributed by atoms with E-state index in [0.717, 1.165) is 31.5 Å². The molecule has 3 nitrogen and oxygen atoms in total. The average Bonchev–Trinajstić information content (AvgIpc) is 2.83. The Bertz CT molecular complexity index is 499. The van der Waals surface area contributed by atoms with Gasteiger partial charge in [-0.15, -0.1) is 0 Å². The van der Waals surface area contributed by atoms with Gasteiger partial charge in [-0.25, -0.2) is 0 Å². The van der Waals surface area contributed by atoms with Gasteiger partial charge in [0.15, 0.2) is 0 Å². The monoisotopic (exact) mass is 350 g/mol. The molecular formula is C13H14BrF3N2O. The Labute approximate surface area is 123 Å². The van der Waals surface area contributed by atoms with Crippen LogP contribution in [0.4, 0.5) is 18.9 Å². The molecule has 1 heterocycles. The minimum atomic E-state index is -4.42. The number of anilines is 1. The molecule has 20 heavy (non-hydrogen) atoms. The van der Waals surface area contributed by atoms with Crippen LogP contribution in [-0.4, -0.2) is 18.5 Å². The molecule has 7 heteroatoms.